The van der Waals surface area contributed by atoms with Crippen molar-refractivity contribution in [2.45, 2.75) is 58.8 Å². The van der Waals surface area contributed by atoms with E-state index in [-0.39, 0.29) is 11.3 Å². The van der Waals surface area contributed by atoms with E-state index in [0.29, 0.717) is 11.8 Å². The summed E-state index contributed by atoms with van der Waals surface area (Å²) in [6, 6.07) is 6.77. The van der Waals surface area contributed by atoms with Crippen LogP contribution in [0.5, 0.6) is 0 Å². The highest BCUT2D eigenvalue weighted by molar-refractivity contribution is 5.75. The standard InChI is InChI=1S/C25H31N7O/c1-15-7-8-19(25(3,4)5)11-18(15)12-20-21-22(26-14-31(21)6)28-24(27-20)32-10-9-17(13-32)23-30-29-16(2)33-23/h7-8,11,14,17H,9-10,12-13H2,1-6H3. The minimum absolute atomic E-state index is 0.0960. The first kappa shape index (κ1) is 21.6. The molecule has 0 N–H and O–H groups in total. The molecule has 0 aliphatic carbocycles. The average molecular weight is 446 g/mol. The van der Waals surface area contributed by atoms with Crippen LogP contribution in [0, 0.1) is 13.8 Å². The van der Waals surface area contributed by atoms with Crippen LogP contribution in [0.3, 0.4) is 0 Å². The van der Waals surface area contributed by atoms with Gasteiger partial charge in [0, 0.05) is 33.5 Å². The summed E-state index contributed by atoms with van der Waals surface area (Å²) in [6.45, 7) is 12.3. The Morgan fingerprint density at radius 3 is 2.67 bits per heavy atom. The molecular weight excluding hydrogens is 414 g/mol. The zero-order valence-corrected chi connectivity index (χ0v) is 20.3. The summed E-state index contributed by atoms with van der Waals surface area (Å²) >= 11 is 0. The molecule has 0 saturated carbocycles. The maximum atomic E-state index is 5.67. The van der Waals surface area contributed by atoms with E-state index in [1.807, 2.05) is 24.9 Å². The number of aryl methyl sites for hydroxylation is 3. The van der Waals surface area contributed by atoms with Crippen LogP contribution < -0.4 is 4.90 Å². The SMILES string of the molecule is Cc1nnc(C2CCN(c3nc(Cc4cc(C(C)(C)C)ccc4C)c4c(ncn4C)n3)C2)o1. The Balaban J connectivity index is 1.50. The predicted octanol–water partition coefficient (Wildman–Crippen LogP) is 4.25. The smallest absolute Gasteiger partial charge is 0.227 e. The lowest BCUT2D eigenvalue weighted by molar-refractivity contribution is 0.438. The first-order chi connectivity index (χ1) is 15.7. The van der Waals surface area contributed by atoms with Crippen LogP contribution in [0.15, 0.2) is 28.9 Å². The van der Waals surface area contributed by atoms with Gasteiger partial charge in [0.05, 0.1) is 17.9 Å². The quantitative estimate of drug-likeness (QED) is 0.464. The van der Waals surface area contributed by atoms with E-state index in [9.17, 15) is 0 Å². The Morgan fingerprint density at radius 1 is 1.12 bits per heavy atom. The molecule has 4 aromatic rings. The summed E-state index contributed by atoms with van der Waals surface area (Å²) in [5.41, 5.74) is 6.71. The van der Waals surface area contributed by atoms with Crippen molar-refractivity contribution >= 4 is 17.1 Å². The molecule has 3 aromatic heterocycles. The van der Waals surface area contributed by atoms with Crippen LogP contribution >= 0.6 is 0 Å². The number of benzene rings is 1. The highest BCUT2D eigenvalue weighted by Crippen LogP contribution is 2.31. The van der Waals surface area contributed by atoms with Crippen molar-refractivity contribution < 1.29 is 4.42 Å². The number of fused-ring (bicyclic) bond motifs is 1. The fourth-order valence-electron chi connectivity index (χ4n) is 4.52. The molecule has 1 fully saturated rings. The third-order valence-electron chi connectivity index (χ3n) is 6.57. The molecule has 0 spiro atoms. The van der Waals surface area contributed by atoms with E-state index in [2.05, 4.69) is 66.0 Å². The van der Waals surface area contributed by atoms with Gasteiger partial charge < -0.3 is 13.9 Å². The largest absolute Gasteiger partial charge is 0.425 e. The van der Waals surface area contributed by atoms with Crippen LogP contribution in [0.1, 0.15) is 67.3 Å². The Bertz CT molecular complexity index is 1310. The normalized spacial score (nSPS) is 16.8. The second-order valence-corrected chi connectivity index (χ2v) is 10.2. The summed E-state index contributed by atoms with van der Waals surface area (Å²) in [5.74, 6) is 2.22. The van der Waals surface area contributed by atoms with Crippen LogP contribution in [-0.4, -0.2) is 42.8 Å². The van der Waals surface area contributed by atoms with Crippen LogP contribution in [0.4, 0.5) is 5.95 Å². The highest BCUT2D eigenvalue weighted by atomic mass is 16.4. The Kier molecular flexibility index (Phi) is 5.18. The molecule has 1 aliphatic heterocycles. The van der Waals surface area contributed by atoms with Crippen molar-refractivity contribution in [1.82, 2.24) is 29.7 Å². The molecular formula is C25H31N7O. The number of rotatable bonds is 4. The maximum Gasteiger partial charge on any atom is 0.227 e. The van der Waals surface area contributed by atoms with Gasteiger partial charge in [-0.3, -0.25) is 0 Å². The molecule has 1 aromatic carbocycles. The summed E-state index contributed by atoms with van der Waals surface area (Å²) in [5, 5.41) is 8.21. The molecule has 1 saturated heterocycles. The van der Waals surface area contributed by atoms with Crippen molar-refractivity contribution in [3.05, 3.63) is 58.7 Å². The Morgan fingerprint density at radius 2 is 1.94 bits per heavy atom. The van der Waals surface area contributed by atoms with Crippen LogP contribution in [0.2, 0.25) is 0 Å². The van der Waals surface area contributed by atoms with E-state index < -0.39 is 0 Å². The third-order valence-corrected chi connectivity index (χ3v) is 6.57. The van der Waals surface area contributed by atoms with E-state index >= 15 is 0 Å². The topological polar surface area (TPSA) is 85.8 Å². The maximum absolute atomic E-state index is 5.67. The van der Waals surface area contributed by atoms with E-state index in [0.717, 1.165) is 48.7 Å². The zero-order chi connectivity index (χ0) is 23.3. The molecule has 0 radical (unpaired) electrons. The minimum Gasteiger partial charge on any atom is -0.425 e. The molecule has 33 heavy (non-hydrogen) atoms. The zero-order valence-electron chi connectivity index (χ0n) is 20.3. The average Bonchev–Trinajstić information content (AvgIpc) is 3.49. The fourth-order valence-corrected chi connectivity index (χ4v) is 4.52. The lowest BCUT2D eigenvalue weighted by atomic mass is 9.84. The molecule has 0 amide bonds. The van der Waals surface area contributed by atoms with Gasteiger partial charge in [0.25, 0.3) is 0 Å². The summed E-state index contributed by atoms with van der Waals surface area (Å²) < 4.78 is 7.69. The molecule has 1 unspecified atom stereocenters. The number of nitrogens with zero attached hydrogens (tertiary/aromatic N) is 7. The predicted molar refractivity (Wildman–Crippen MR) is 128 cm³/mol. The molecule has 1 atom stereocenters. The molecule has 4 heterocycles. The lowest BCUT2D eigenvalue weighted by Gasteiger charge is -2.21. The first-order valence-electron chi connectivity index (χ1n) is 11.5. The van der Waals surface area contributed by atoms with Gasteiger partial charge in [-0.2, -0.15) is 4.98 Å². The number of anilines is 1. The highest BCUT2D eigenvalue weighted by Gasteiger charge is 2.30. The minimum atomic E-state index is 0.0960. The van der Waals surface area contributed by atoms with E-state index in [1.165, 1.54) is 16.7 Å². The number of imidazole rings is 1. The van der Waals surface area contributed by atoms with Crippen molar-refractivity contribution in [3.8, 4) is 0 Å². The molecule has 1 aliphatic rings. The van der Waals surface area contributed by atoms with Gasteiger partial charge in [-0.05, 0) is 35.4 Å². The number of hydrogen-bond donors (Lipinski definition) is 0. The van der Waals surface area contributed by atoms with Crippen molar-refractivity contribution in [2.24, 2.45) is 7.05 Å². The Hall–Kier alpha value is -3.29. The summed E-state index contributed by atoms with van der Waals surface area (Å²) in [4.78, 5) is 16.6. The second-order valence-electron chi connectivity index (χ2n) is 10.2. The second kappa shape index (κ2) is 7.93. The molecule has 8 nitrogen and oxygen atoms in total. The molecule has 8 heteroatoms. The van der Waals surface area contributed by atoms with E-state index in [1.54, 1.807) is 0 Å². The van der Waals surface area contributed by atoms with Gasteiger partial charge in [-0.15, -0.1) is 10.2 Å². The summed E-state index contributed by atoms with van der Waals surface area (Å²) in [6.07, 6.45) is 3.49. The molecule has 5 rings (SSSR count). The summed E-state index contributed by atoms with van der Waals surface area (Å²) in [7, 11) is 2.00. The number of aromatic nitrogens is 6. The van der Waals surface area contributed by atoms with Gasteiger partial charge in [-0.1, -0.05) is 39.0 Å². The Labute approximate surface area is 194 Å². The van der Waals surface area contributed by atoms with E-state index in [4.69, 9.17) is 14.4 Å². The van der Waals surface area contributed by atoms with Gasteiger partial charge in [0.15, 0.2) is 5.65 Å². The van der Waals surface area contributed by atoms with Crippen molar-refractivity contribution in [1.29, 1.82) is 0 Å². The van der Waals surface area contributed by atoms with Gasteiger partial charge in [0.1, 0.15) is 5.52 Å². The molecule has 0 bridgehead atoms. The monoisotopic (exact) mass is 445 g/mol. The first-order valence-corrected chi connectivity index (χ1v) is 11.5. The van der Waals surface area contributed by atoms with Crippen LogP contribution in [0.25, 0.3) is 11.2 Å². The number of hydrogen-bond acceptors (Lipinski definition) is 7. The van der Waals surface area contributed by atoms with Gasteiger partial charge in [-0.25, -0.2) is 9.97 Å². The lowest BCUT2D eigenvalue weighted by Crippen LogP contribution is -2.22. The third kappa shape index (κ3) is 4.10. The van der Waals surface area contributed by atoms with Crippen molar-refractivity contribution in [3.63, 3.8) is 0 Å². The van der Waals surface area contributed by atoms with Gasteiger partial charge in [0.2, 0.25) is 17.7 Å². The molecule has 172 valence electrons. The fraction of sp³-hybridized carbons (Fsp3) is 0.480. The van der Waals surface area contributed by atoms with Crippen molar-refractivity contribution in [2.75, 3.05) is 18.0 Å². The van der Waals surface area contributed by atoms with Gasteiger partial charge >= 0.3 is 0 Å². The van der Waals surface area contributed by atoms with Crippen LogP contribution in [-0.2, 0) is 18.9 Å².